The molecule has 3 rings (SSSR count). The molecule has 1 heterocycles. The lowest BCUT2D eigenvalue weighted by Gasteiger charge is -2.09. The number of carbonyl (C=O) groups is 2. The molecule has 0 bridgehead atoms. The monoisotopic (exact) mass is 384 g/mol. The SMILES string of the molecule is CCCCOc1ccc(C(=O)NCC(=O)NCc2ccc3c(c2)OCO3)cc1. The van der Waals surface area contributed by atoms with E-state index in [0.29, 0.717) is 30.2 Å². The number of ether oxygens (including phenoxy) is 3. The van der Waals surface area contributed by atoms with Crippen molar-refractivity contribution in [3.8, 4) is 17.2 Å². The number of fused-ring (bicyclic) bond motifs is 1. The molecular weight excluding hydrogens is 360 g/mol. The van der Waals surface area contributed by atoms with Gasteiger partial charge in [-0.3, -0.25) is 9.59 Å². The van der Waals surface area contributed by atoms with Gasteiger partial charge in [0.05, 0.1) is 13.2 Å². The van der Waals surface area contributed by atoms with Crippen molar-refractivity contribution in [2.45, 2.75) is 26.3 Å². The zero-order chi connectivity index (χ0) is 19.8. The summed E-state index contributed by atoms with van der Waals surface area (Å²) < 4.78 is 16.1. The Morgan fingerprint density at radius 3 is 2.61 bits per heavy atom. The number of nitrogens with one attached hydrogen (secondary N) is 2. The molecule has 0 saturated carbocycles. The van der Waals surface area contributed by atoms with Crippen molar-refractivity contribution >= 4 is 11.8 Å². The van der Waals surface area contributed by atoms with Crippen LogP contribution in [-0.2, 0) is 11.3 Å². The minimum absolute atomic E-state index is 0.0991. The van der Waals surface area contributed by atoms with E-state index in [9.17, 15) is 9.59 Å². The van der Waals surface area contributed by atoms with Gasteiger partial charge in [-0.05, 0) is 48.4 Å². The highest BCUT2D eigenvalue weighted by molar-refractivity contribution is 5.96. The first-order valence-electron chi connectivity index (χ1n) is 9.32. The molecule has 2 N–H and O–H groups in total. The zero-order valence-electron chi connectivity index (χ0n) is 15.8. The topological polar surface area (TPSA) is 85.9 Å². The average Bonchev–Trinajstić information content (AvgIpc) is 3.19. The van der Waals surface area contributed by atoms with Crippen molar-refractivity contribution in [1.82, 2.24) is 10.6 Å². The molecule has 0 spiro atoms. The molecule has 2 aromatic carbocycles. The molecule has 1 aliphatic rings. The Kier molecular flexibility index (Phi) is 6.73. The Morgan fingerprint density at radius 2 is 1.82 bits per heavy atom. The van der Waals surface area contributed by atoms with E-state index >= 15 is 0 Å². The van der Waals surface area contributed by atoms with Crippen molar-refractivity contribution < 1.29 is 23.8 Å². The van der Waals surface area contributed by atoms with Crippen LogP contribution in [0, 0.1) is 0 Å². The molecule has 0 saturated heterocycles. The van der Waals surface area contributed by atoms with Crippen LogP contribution < -0.4 is 24.8 Å². The highest BCUT2D eigenvalue weighted by atomic mass is 16.7. The first-order valence-corrected chi connectivity index (χ1v) is 9.32. The van der Waals surface area contributed by atoms with E-state index in [2.05, 4.69) is 17.6 Å². The number of unbranched alkanes of at least 4 members (excludes halogenated alkanes) is 1. The minimum Gasteiger partial charge on any atom is -0.494 e. The molecule has 0 fully saturated rings. The molecule has 7 heteroatoms. The maximum absolute atomic E-state index is 12.2. The predicted octanol–water partition coefficient (Wildman–Crippen LogP) is 2.64. The Balaban J connectivity index is 1.40. The summed E-state index contributed by atoms with van der Waals surface area (Å²) in [5.74, 6) is 1.52. The van der Waals surface area contributed by atoms with Crippen molar-refractivity contribution in [1.29, 1.82) is 0 Å². The third-order valence-electron chi connectivity index (χ3n) is 4.22. The largest absolute Gasteiger partial charge is 0.494 e. The summed E-state index contributed by atoms with van der Waals surface area (Å²) in [7, 11) is 0. The fraction of sp³-hybridized carbons (Fsp3) is 0.333. The van der Waals surface area contributed by atoms with Gasteiger partial charge in [0, 0.05) is 12.1 Å². The van der Waals surface area contributed by atoms with Gasteiger partial charge in [0.2, 0.25) is 12.7 Å². The van der Waals surface area contributed by atoms with Crippen LogP contribution in [0.4, 0.5) is 0 Å². The number of benzene rings is 2. The molecule has 7 nitrogen and oxygen atoms in total. The summed E-state index contributed by atoms with van der Waals surface area (Å²) >= 11 is 0. The van der Waals surface area contributed by atoms with E-state index in [4.69, 9.17) is 14.2 Å². The van der Waals surface area contributed by atoms with Crippen molar-refractivity contribution in [3.05, 3.63) is 53.6 Å². The molecular formula is C21H24N2O5. The van der Waals surface area contributed by atoms with E-state index < -0.39 is 0 Å². The molecule has 0 atom stereocenters. The first kappa shape index (κ1) is 19.5. The fourth-order valence-corrected chi connectivity index (χ4v) is 2.61. The fourth-order valence-electron chi connectivity index (χ4n) is 2.61. The summed E-state index contributed by atoms with van der Waals surface area (Å²) in [6.45, 7) is 3.21. The highest BCUT2D eigenvalue weighted by Crippen LogP contribution is 2.32. The van der Waals surface area contributed by atoms with E-state index in [1.807, 2.05) is 12.1 Å². The van der Waals surface area contributed by atoms with Gasteiger partial charge in [-0.1, -0.05) is 19.4 Å². The van der Waals surface area contributed by atoms with Crippen molar-refractivity contribution in [3.63, 3.8) is 0 Å². The van der Waals surface area contributed by atoms with Crippen LogP contribution in [0.15, 0.2) is 42.5 Å². The molecule has 28 heavy (non-hydrogen) atoms. The van der Waals surface area contributed by atoms with Crippen LogP contribution in [0.1, 0.15) is 35.7 Å². The quantitative estimate of drug-likeness (QED) is 0.649. The number of hydrogen-bond donors (Lipinski definition) is 2. The second kappa shape index (κ2) is 9.64. The lowest BCUT2D eigenvalue weighted by Crippen LogP contribution is -2.36. The van der Waals surface area contributed by atoms with E-state index in [1.54, 1.807) is 30.3 Å². The minimum atomic E-state index is -0.307. The Labute approximate surface area is 164 Å². The van der Waals surface area contributed by atoms with Crippen LogP contribution in [0.3, 0.4) is 0 Å². The van der Waals surface area contributed by atoms with Gasteiger partial charge < -0.3 is 24.8 Å². The van der Waals surface area contributed by atoms with E-state index in [0.717, 1.165) is 24.2 Å². The van der Waals surface area contributed by atoms with Crippen LogP contribution in [0.2, 0.25) is 0 Å². The summed E-state index contributed by atoms with van der Waals surface area (Å²) in [6, 6.07) is 12.4. The molecule has 0 radical (unpaired) electrons. The van der Waals surface area contributed by atoms with Crippen LogP contribution in [-0.4, -0.2) is 31.8 Å². The van der Waals surface area contributed by atoms with Crippen molar-refractivity contribution in [2.75, 3.05) is 19.9 Å². The zero-order valence-corrected chi connectivity index (χ0v) is 15.8. The smallest absolute Gasteiger partial charge is 0.251 e. The first-order chi connectivity index (χ1) is 13.7. The normalized spacial score (nSPS) is 11.8. The molecule has 148 valence electrons. The summed E-state index contributed by atoms with van der Waals surface area (Å²) in [5, 5.41) is 5.38. The van der Waals surface area contributed by atoms with Crippen molar-refractivity contribution in [2.24, 2.45) is 0 Å². The highest BCUT2D eigenvalue weighted by Gasteiger charge is 2.13. The predicted molar refractivity (Wildman–Crippen MR) is 104 cm³/mol. The average molecular weight is 384 g/mol. The Hall–Kier alpha value is -3.22. The standard InChI is InChI=1S/C21H24N2O5/c1-2-3-10-26-17-7-5-16(6-8-17)21(25)23-13-20(24)22-12-15-4-9-18-19(11-15)28-14-27-18/h4-9,11H,2-3,10,12-14H2,1H3,(H,22,24)(H,23,25). The van der Waals surface area contributed by atoms with Crippen LogP contribution in [0.5, 0.6) is 17.2 Å². The van der Waals surface area contributed by atoms with E-state index in [-0.39, 0.29) is 25.2 Å². The maximum Gasteiger partial charge on any atom is 0.251 e. The molecule has 2 aromatic rings. The summed E-state index contributed by atoms with van der Waals surface area (Å²) in [4.78, 5) is 24.1. The Bertz CT molecular complexity index is 820. The Morgan fingerprint density at radius 1 is 1.04 bits per heavy atom. The number of rotatable bonds is 9. The lowest BCUT2D eigenvalue weighted by molar-refractivity contribution is -0.120. The van der Waals surface area contributed by atoms with Gasteiger partial charge in [0.25, 0.3) is 5.91 Å². The van der Waals surface area contributed by atoms with Gasteiger partial charge in [0.15, 0.2) is 11.5 Å². The molecule has 1 aliphatic heterocycles. The number of amides is 2. The van der Waals surface area contributed by atoms with Gasteiger partial charge >= 0.3 is 0 Å². The summed E-state index contributed by atoms with van der Waals surface area (Å²) in [5.41, 5.74) is 1.37. The number of hydrogen-bond acceptors (Lipinski definition) is 5. The van der Waals surface area contributed by atoms with Gasteiger partial charge in [-0.25, -0.2) is 0 Å². The van der Waals surface area contributed by atoms with Gasteiger partial charge in [-0.2, -0.15) is 0 Å². The maximum atomic E-state index is 12.2. The second-order valence-corrected chi connectivity index (χ2v) is 6.37. The van der Waals surface area contributed by atoms with Gasteiger partial charge in [-0.15, -0.1) is 0 Å². The lowest BCUT2D eigenvalue weighted by atomic mass is 10.2. The van der Waals surface area contributed by atoms with Crippen LogP contribution in [0.25, 0.3) is 0 Å². The molecule has 0 aliphatic carbocycles. The second-order valence-electron chi connectivity index (χ2n) is 6.37. The van der Waals surface area contributed by atoms with Crippen LogP contribution >= 0.6 is 0 Å². The third kappa shape index (κ3) is 5.39. The van der Waals surface area contributed by atoms with Gasteiger partial charge in [0.1, 0.15) is 5.75 Å². The summed E-state index contributed by atoms with van der Waals surface area (Å²) in [6.07, 6.45) is 2.06. The molecule has 0 aromatic heterocycles. The third-order valence-corrected chi connectivity index (χ3v) is 4.22. The van der Waals surface area contributed by atoms with E-state index in [1.165, 1.54) is 0 Å². The number of carbonyl (C=O) groups excluding carboxylic acids is 2. The molecule has 2 amide bonds. The molecule has 0 unspecified atom stereocenters.